The van der Waals surface area contributed by atoms with Crippen LogP contribution in [-0.4, -0.2) is 61.0 Å². The molecule has 0 aliphatic heterocycles. The highest BCUT2D eigenvalue weighted by Crippen LogP contribution is 2.35. The zero-order chi connectivity index (χ0) is 16.4. The summed E-state index contributed by atoms with van der Waals surface area (Å²) < 4.78 is 0. The van der Waals surface area contributed by atoms with Gasteiger partial charge in [-0.3, -0.25) is 0 Å². The van der Waals surface area contributed by atoms with Crippen LogP contribution in [-0.2, 0) is 10.4 Å². The van der Waals surface area contributed by atoms with Gasteiger partial charge in [-0.05, 0) is 24.6 Å². The molecule has 0 amide bonds. The molecule has 118 valence electrons. The van der Waals surface area contributed by atoms with Crippen molar-refractivity contribution in [3.05, 3.63) is 34.9 Å². The molecule has 0 radical (unpaired) electrons. The Morgan fingerprint density at radius 3 is 2.33 bits per heavy atom. The smallest absolute Gasteiger partial charge is 0.336 e. The molecule has 0 fully saturated rings. The summed E-state index contributed by atoms with van der Waals surface area (Å²) in [6.45, 7) is 0.0190. The van der Waals surface area contributed by atoms with Crippen LogP contribution in [0.2, 0.25) is 5.02 Å². The van der Waals surface area contributed by atoms with E-state index in [0.717, 1.165) is 13.0 Å². The first kappa shape index (κ1) is 17.8. The van der Waals surface area contributed by atoms with E-state index in [0.29, 0.717) is 0 Å². The molecule has 21 heavy (non-hydrogen) atoms. The van der Waals surface area contributed by atoms with E-state index >= 15 is 0 Å². The van der Waals surface area contributed by atoms with Gasteiger partial charge in [0.05, 0.1) is 6.61 Å². The number of carboxylic acid groups (broad SMARTS) is 1. The van der Waals surface area contributed by atoms with Gasteiger partial charge in [-0.25, -0.2) is 4.79 Å². The zero-order valence-electron chi connectivity index (χ0n) is 11.1. The van der Waals surface area contributed by atoms with Crippen LogP contribution < -0.4 is 0 Å². The summed E-state index contributed by atoms with van der Waals surface area (Å²) in [6, 6.07) is 5.19. The van der Waals surface area contributed by atoms with Crippen LogP contribution in [0.25, 0.3) is 0 Å². The fourth-order valence-electron chi connectivity index (χ4n) is 1.95. The molecule has 8 heteroatoms. The van der Waals surface area contributed by atoms with E-state index in [1.807, 2.05) is 0 Å². The lowest BCUT2D eigenvalue weighted by molar-refractivity contribution is -0.224. The first-order valence-corrected chi connectivity index (χ1v) is 6.35. The topological polar surface area (TPSA) is 138 Å². The Morgan fingerprint density at radius 2 is 1.90 bits per heavy atom. The molecule has 0 unspecified atom stereocenters. The molecular weight excluding hydrogens is 304 g/mol. The maximum atomic E-state index is 11.0. The number of rotatable bonds is 6. The van der Waals surface area contributed by atoms with Crippen molar-refractivity contribution >= 4 is 17.6 Å². The molecule has 0 aromatic heterocycles. The zero-order valence-corrected chi connectivity index (χ0v) is 11.9. The van der Waals surface area contributed by atoms with Crippen molar-refractivity contribution in [2.24, 2.45) is 0 Å². The Labute approximate surface area is 125 Å². The quantitative estimate of drug-likeness (QED) is 0.398. The molecule has 0 aliphatic carbocycles. The predicted octanol–water partition coefficient (Wildman–Crippen LogP) is -0.923. The SMILES string of the molecule is C[C@@](O)(CO)[C@@H](O)[C@@](O)(c1cccc(Cl)c1)[C@@H](O)C(=O)O. The van der Waals surface area contributed by atoms with Gasteiger partial charge >= 0.3 is 5.97 Å². The molecule has 0 saturated heterocycles. The molecule has 1 aromatic carbocycles. The lowest BCUT2D eigenvalue weighted by atomic mass is 9.76. The second-order valence-electron chi connectivity index (χ2n) is 4.99. The molecule has 0 aliphatic rings. The van der Waals surface area contributed by atoms with Gasteiger partial charge in [0.2, 0.25) is 0 Å². The predicted molar refractivity (Wildman–Crippen MR) is 72.7 cm³/mol. The van der Waals surface area contributed by atoms with Crippen LogP contribution in [0, 0.1) is 0 Å². The highest BCUT2D eigenvalue weighted by Gasteiger charge is 2.54. The van der Waals surface area contributed by atoms with Gasteiger partial charge in [-0.2, -0.15) is 0 Å². The summed E-state index contributed by atoms with van der Waals surface area (Å²) in [6.07, 6.45) is -4.65. The standard InChI is InChI=1S/C13H17ClO7/c1-12(20,6-15)11(19)13(21,9(16)10(17)18)7-3-2-4-8(14)5-7/h2-5,9,11,15-16,19-21H,6H2,1H3,(H,17,18)/t9-,11+,12+,13+/m0/s1. The molecule has 0 saturated carbocycles. The summed E-state index contributed by atoms with van der Waals surface area (Å²) in [5, 5.41) is 58.5. The Balaban J connectivity index is 3.47. The van der Waals surface area contributed by atoms with Crippen molar-refractivity contribution in [2.75, 3.05) is 6.61 Å². The Hall–Kier alpha value is -1.22. The van der Waals surface area contributed by atoms with E-state index in [1.165, 1.54) is 18.2 Å². The number of halogens is 1. The summed E-state index contributed by atoms with van der Waals surface area (Å²) in [5.74, 6) is -1.81. The molecule has 7 nitrogen and oxygen atoms in total. The van der Waals surface area contributed by atoms with Crippen LogP contribution in [0.1, 0.15) is 12.5 Å². The molecule has 0 spiro atoms. The fourth-order valence-corrected chi connectivity index (χ4v) is 2.14. The Morgan fingerprint density at radius 1 is 1.33 bits per heavy atom. The molecule has 0 heterocycles. The maximum Gasteiger partial charge on any atom is 0.336 e. The first-order chi connectivity index (χ1) is 9.57. The van der Waals surface area contributed by atoms with E-state index in [-0.39, 0.29) is 10.6 Å². The van der Waals surface area contributed by atoms with Crippen molar-refractivity contribution < 1.29 is 35.4 Å². The third-order valence-corrected chi connectivity index (χ3v) is 3.50. The number of aliphatic hydroxyl groups is 5. The van der Waals surface area contributed by atoms with Crippen molar-refractivity contribution in [1.82, 2.24) is 0 Å². The third kappa shape index (κ3) is 3.34. The lowest BCUT2D eigenvalue weighted by Gasteiger charge is -2.41. The average molecular weight is 321 g/mol. The van der Waals surface area contributed by atoms with E-state index in [1.54, 1.807) is 0 Å². The van der Waals surface area contributed by atoms with Gasteiger partial charge < -0.3 is 30.6 Å². The van der Waals surface area contributed by atoms with Gasteiger partial charge in [0, 0.05) is 5.02 Å². The normalized spacial score (nSPS) is 20.1. The highest BCUT2D eigenvalue weighted by atomic mass is 35.5. The lowest BCUT2D eigenvalue weighted by Crippen LogP contribution is -2.62. The van der Waals surface area contributed by atoms with Gasteiger partial charge in [0.1, 0.15) is 11.7 Å². The molecule has 0 bridgehead atoms. The molecule has 4 atom stereocenters. The summed E-state index contributed by atoms with van der Waals surface area (Å²) >= 11 is 5.75. The van der Waals surface area contributed by atoms with Crippen LogP contribution in [0.15, 0.2) is 24.3 Å². The van der Waals surface area contributed by atoms with Crippen molar-refractivity contribution in [1.29, 1.82) is 0 Å². The Bertz CT molecular complexity index is 519. The average Bonchev–Trinajstić information content (AvgIpc) is 2.44. The monoisotopic (exact) mass is 320 g/mol. The van der Waals surface area contributed by atoms with Gasteiger partial charge in [-0.1, -0.05) is 23.7 Å². The molecule has 1 rings (SSSR count). The van der Waals surface area contributed by atoms with Crippen molar-refractivity contribution in [2.45, 2.75) is 30.3 Å². The van der Waals surface area contributed by atoms with Crippen LogP contribution in [0.4, 0.5) is 0 Å². The largest absolute Gasteiger partial charge is 0.479 e. The third-order valence-electron chi connectivity index (χ3n) is 3.26. The van der Waals surface area contributed by atoms with Gasteiger partial charge in [0.15, 0.2) is 11.7 Å². The number of benzene rings is 1. The minimum atomic E-state index is -2.77. The van der Waals surface area contributed by atoms with Crippen molar-refractivity contribution in [3.8, 4) is 0 Å². The summed E-state index contributed by atoms with van der Waals surface area (Å²) in [4.78, 5) is 11.0. The second-order valence-corrected chi connectivity index (χ2v) is 5.43. The molecule has 6 N–H and O–H groups in total. The number of carboxylic acids is 1. The number of carbonyl (C=O) groups is 1. The number of hydrogen-bond donors (Lipinski definition) is 6. The molecular formula is C13H17ClO7. The van der Waals surface area contributed by atoms with E-state index in [4.69, 9.17) is 21.8 Å². The van der Waals surface area contributed by atoms with Gasteiger partial charge in [-0.15, -0.1) is 0 Å². The first-order valence-electron chi connectivity index (χ1n) is 5.98. The number of aliphatic carboxylic acids is 1. The highest BCUT2D eigenvalue weighted by molar-refractivity contribution is 6.30. The number of hydrogen-bond acceptors (Lipinski definition) is 6. The molecule has 1 aromatic rings. The maximum absolute atomic E-state index is 11.0. The minimum Gasteiger partial charge on any atom is -0.479 e. The second kappa shape index (κ2) is 6.27. The van der Waals surface area contributed by atoms with E-state index in [2.05, 4.69) is 0 Å². The van der Waals surface area contributed by atoms with Crippen LogP contribution in [0.5, 0.6) is 0 Å². The van der Waals surface area contributed by atoms with E-state index in [9.17, 15) is 25.2 Å². The Kier molecular flexibility index (Phi) is 5.32. The van der Waals surface area contributed by atoms with Crippen molar-refractivity contribution in [3.63, 3.8) is 0 Å². The fraction of sp³-hybridized carbons (Fsp3) is 0.462. The van der Waals surface area contributed by atoms with E-state index < -0.39 is 36.0 Å². The minimum absolute atomic E-state index is 0.124. The van der Waals surface area contributed by atoms with Crippen LogP contribution >= 0.6 is 11.6 Å². The number of aliphatic hydroxyl groups excluding tert-OH is 3. The summed E-state index contributed by atoms with van der Waals surface area (Å²) in [5.41, 5.74) is -5.25. The van der Waals surface area contributed by atoms with Gasteiger partial charge in [0.25, 0.3) is 0 Å². The van der Waals surface area contributed by atoms with Crippen LogP contribution in [0.3, 0.4) is 0 Å². The summed E-state index contributed by atoms with van der Waals surface area (Å²) in [7, 11) is 0.